The average molecular weight is 469 g/mol. The van der Waals surface area contributed by atoms with Crippen LogP contribution in [0.2, 0.25) is 10.0 Å². The van der Waals surface area contributed by atoms with Gasteiger partial charge in [-0.2, -0.15) is 11.8 Å². The minimum atomic E-state index is 0.719. The molecular formula is C24H18Cl2N2S2. The number of rotatable bonds is 7. The number of nitrogens with zero attached hydrogens (tertiary/aromatic N) is 2. The third kappa shape index (κ3) is 6.02. The molecule has 0 radical (unpaired) electrons. The van der Waals surface area contributed by atoms with Gasteiger partial charge in [0.05, 0.1) is 5.69 Å². The van der Waals surface area contributed by atoms with E-state index >= 15 is 0 Å². The lowest BCUT2D eigenvalue weighted by Crippen LogP contribution is -1.97. The molecule has 0 spiro atoms. The van der Waals surface area contributed by atoms with Gasteiger partial charge in [0.1, 0.15) is 5.03 Å². The van der Waals surface area contributed by atoms with E-state index in [9.17, 15) is 0 Å². The van der Waals surface area contributed by atoms with E-state index in [2.05, 4.69) is 18.2 Å². The van der Waals surface area contributed by atoms with E-state index in [-0.39, 0.29) is 0 Å². The van der Waals surface area contributed by atoms with Crippen molar-refractivity contribution < 1.29 is 0 Å². The number of benzene rings is 3. The Bertz CT molecular complexity index is 1120. The molecule has 0 aliphatic carbocycles. The van der Waals surface area contributed by atoms with Crippen molar-refractivity contribution in [2.75, 3.05) is 0 Å². The summed E-state index contributed by atoms with van der Waals surface area (Å²) in [5.41, 5.74) is 3.26. The molecule has 0 saturated carbocycles. The van der Waals surface area contributed by atoms with Crippen LogP contribution in [0.15, 0.2) is 94.9 Å². The molecule has 150 valence electrons. The fourth-order valence-corrected chi connectivity index (χ4v) is 4.99. The highest BCUT2D eigenvalue weighted by Gasteiger charge is 2.09. The van der Waals surface area contributed by atoms with Crippen LogP contribution in [-0.2, 0) is 11.5 Å². The summed E-state index contributed by atoms with van der Waals surface area (Å²) in [6.07, 6.45) is 0. The Morgan fingerprint density at radius 2 is 1.50 bits per heavy atom. The Balaban J connectivity index is 1.56. The molecular weight excluding hydrogens is 451 g/mol. The van der Waals surface area contributed by atoms with Gasteiger partial charge in [-0.1, -0.05) is 83.5 Å². The molecule has 6 heteroatoms. The summed E-state index contributed by atoms with van der Waals surface area (Å²) in [6.45, 7) is 0. The normalized spacial score (nSPS) is 10.9. The largest absolute Gasteiger partial charge is 0.232 e. The van der Waals surface area contributed by atoms with Crippen molar-refractivity contribution in [3.63, 3.8) is 0 Å². The Kier molecular flexibility index (Phi) is 7.34. The Morgan fingerprint density at radius 1 is 0.700 bits per heavy atom. The summed E-state index contributed by atoms with van der Waals surface area (Å²) in [7, 11) is 0. The van der Waals surface area contributed by atoms with Gasteiger partial charge in [0.2, 0.25) is 0 Å². The van der Waals surface area contributed by atoms with Gasteiger partial charge in [0, 0.05) is 32.0 Å². The quantitative estimate of drug-likeness (QED) is 0.256. The van der Waals surface area contributed by atoms with Crippen LogP contribution in [0.25, 0.3) is 11.4 Å². The second-order valence-electron chi connectivity index (χ2n) is 6.57. The lowest BCUT2D eigenvalue weighted by atomic mass is 10.2. The molecule has 0 amide bonds. The molecule has 0 unspecified atom stereocenters. The standard InChI is InChI=1S/C24H18Cl2N2S2/c25-19-11-9-17(10-12-19)15-29-16-21-14-23(30-22-8-4-7-20(26)13-22)28-24(27-21)18-5-2-1-3-6-18/h1-14H,15-16H2. The maximum atomic E-state index is 6.15. The van der Waals surface area contributed by atoms with Gasteiger partial charge < -0.3 is 0 Å². The van der Waals surface area contributed by atoms with Crippen LogP contribution in [0, 0.1) is 0 Å². The minimum absolute atomic E-state index is 0.719. The summed E-state index contributed by atoms with van der Waals surface area (Å²) in [5.74, 6) is 2.44. The molecule has 30 heavy (non-hydrogen) atoms. The first-order valence-electron chi connectivity index (χ1n) is 9.35. The Morgan fingerprint density at radius 3 is 2.27 bits per heavy atom. The van der Waals surface area contributed by atoms with Crippen LogP contribution in [0.4, 0.5) is 0 Å². The fourth-order valence-electron chi connectivity index (χ4n) is 2.82. The molecule has 0 fully saturated rings. The minimum Gasteiger partial charge on any atom is -0.232 e. The second kappa shape index (κ2) is 10.4. The summed E-state index contributed by atoms with van der Waals surface area (Å²) in [5, 5.41) is 2.39. The summed E-state index contributed by atoms with van der Waals surface area (Å²) in [6, 6.07) is 27.9. The molecule has 4 aromatic rings. The fraction of sp³-hybridized carbons (Fsp3) is 0.0833. The first-order chi connectivity index (χ1) is 14.7. The number of aromatic nitrogens is 2. The van der Waals surface area contributed by atoms with Crippen molar-refractivity contribution >= 4 is 46.7 Å². The molecule has 0 aliphatic rings. The predicted molar refractivity (Wildman–Crippen MR) is 129 cm³/mol. The van der Waals surface area contributed by atoms with Gasteiger partial charge in [-0.3, -0.25) is 0 Å². The van der Waals surface area contributed by atoms with Gasteiger partial charge in [0.15, 0.2) is 5.82 Å². The molecule has 0 bridgehead atoms. The molecule has 1 aromatic heterocycles. The molecule has 0 N–H and O–H groups in total. The number of halogens is 2. The molecule has 4 rings (SSSR count). The maximum Gasteiger partial charge on any atom is 0.160 e. The van der Waals surface area contributed by atoms with Crippen molar-refractivity contribution in [1.82, 2.24) is 9.97 Å². The van der Waals surface area contributed by atoms with E-state index in [4.69, 9.17) is 33.2 Å². The zero-order chi connectivity index (χ0) is 20.8. The van der Waals surface area contributed by atoms with Crippen LogP contribution in [0.5, 0.6) is 0 Å². The summed E-state index contributed by atoms with van der Waals surface area (Å²) >= 11 is 15.5. The smallest absolute Gasteiger partial charge is 0.160 e. The number of thioether (sulfide) groups is 1. The van der Waals surface area contributed by atoms with Crippen LogP contribution in [-0.4, -0.2) is 9.97 Å². The number of hydrogen-bond acceptors (Lipinski definition) is 4. The van der Waals surface area contributed by atoms with E-state index < -0.39 is 0 Å². The van der Waals surface area contributed by atoms with Gasteiger partial charge >= 0.3 is 0 Å². The Labute approximate surface area is 195 Å². The van der Waals surface area contributed by atoms with Crippen molar-refractivity contribution in [1.29, 1.82) is 0 Å². The Hall–Kier alpha value is -1.98. The first kappa shape index (κ1) is 21.3. The zero-order valence-corrected chi connectivity index (χ0v) is 19.1. The highest BCUT2D eigenvalue weighted by molar-refractivity contribution is 7.99. The van der Waals surface area contributed by atoms with Gasteiger partial charge in [-0.25, -0.2) is 9.97 Å². The summed E-state index contributed by atoms with van der Waals surface area (Å²) < 4.78 is 0. The lowest BCUT2D eigenvalue weighted by Gasteiger charge is -2.09. The lowest BCUT2D eigenvalue weighted by molar-refractivity contribution is 1.01. The maximum absolute atomic E-state index is 6.15. The van der Waals surface area contributed by atoms with E-state index in [1.54, 1.807) is 11.8 Å². The van der Waals surface area contributed by atoms with Crippen LogP contribution in [0.3, 0.4) is 0 Å². The van der Waals surface area contributed by atoms with E-state index in [0.717, 1.165) is 48.6 Å². The second-order valence-corrected chi connectivity index (χ2v) is 9.52. The molecule has 1 heterocycles. The van der Waals surface area contributed by atoms with Crippen molar-refractivity contribution in [2.45, 2.75) is 21.4 Å². The van der Waals surface area contributed by atoms with Gasteiger partial charge in [-0.05, 0) is 42.0 Å². The van der Waals surface area contributed by atoms with E-state index in [1.165, 1.54) is 5.56 Å². The van der Waals surface area contributed by atoms with Crippen LogP contribution < -0.4 is 0 Å². The summed E-state index contributed by atoms with van der Waals surface area (Å²) in [4.78, 5) is 10.7. The zero-order valence-electron chi connectivity index (χ0n) is 16.0. The van der Waals surface area contributed by atoms with E-state index in [1.807, 2.05) is 78.5 Å². The highest BCUT2D eigenvalue weighted by Crippen LogP contribution is 2.31. The van der Waals surface area contributed by atoms with Crippen molar-refractivity contribution in [3.8, 4) is 11.4 Å². The van der Waals surface area contributed by atoms with Crippen molar-refractivity contribution in [3.05, 3.63) is 106 Å². The average Bonchev–Trinajstić information content (AvgIpc) is 2.76. The predicted octanol–water partition coefficient (Wildman–Crippen LogP) is 8.04. The third-order valence-corrected chi connectivity index (χ3v) is 6.67. The van der Waals surface area contributed by atoms with Gasteiger partial charge in [-0.15, -0.1) is 0 Å². The van der Waals surface area contributed by atoms with E-state index in [0.29, 0.717) is 0 Å². The molecule has 3 aromatic carbocycles. The number of hydrogen-bond donors (Lipinski definition) is 0. The van der Waals surface area contributed by atoms with Gasteiger partial charge in [0.25, 0.3) is 0 Å². The van der Waals surface area contributed by atoms with Crippen LogP contribution in [0.1, 0.15) is 11.3 Å². The van der Waals surface area contributed by atoms with Crippen LogP contribution >= 0.6 is 46.7 Å². The molecule has 2 nitrogen and oxygen atoms in total. The first-order valence-corrected chi connectivity index (χ1v) is 12.1. The topological polar surface area (TPSA) is 25.8 Å². The SMILES string of the molecule is Clc1ccc(CSCc2cc(Sc3cccc(Cl)c3)nc(-c3ccccc3)n2)cc1. The molecule has 0 atom stereocenters. The molecule has 0 aliphatic heterocycles. The molecule has 0 saturated heterocycles. The monoisotopic (exact) mass is 468 g/mol. The third-order valence-electron chi connectivity index (χ3n) is 4.24. The highest BCUT2D eigenvalue weighted by atomic mass is 35.5. The van der Waals surface area contributed by atoms with Crippen molar-refractivity contribution in [2.24, 2.45) is 0 Å².